The quantitative estimate of drug-likeness (QED) is 0.834. The Balaban J connectivity index is 2.69. The van der Waals surface area contributed by atoms with E-state index in [9.17, 15) is 4.79 Å². The number of aryl methyl sites for hydroxylation is 1. The van der Waals surface area contributed by atoms with E-state index in [1.807, 2.05) is 0 Å². The summed E-state index contributed by atoms with van der Waals surface area (Å²) in [5, 5.41) is 4.00. The zero-order chi connectivity index (χ0) is 11.4. The Kier molecular flexibility index (Phi) is 4.47. The first-order chi connectivity index (χ1) is 7.06. The fraction of sp³-hybridized carbons (Fsp3) is 0.600. The molecule has 84 valence electrons. The Morgan fingerprint density at radius 1 is 1.73 bits per heavy atom. The average Bonchev–Trinajstić information content (AvgIpc) is 2.46. The summed E-state index contributed by atoms with van der Waals surface area (Å²) in [7, 11) is 1.75. The third kappa shape index (κ3) is 3.14. The minimum Gasteiger partial charge on any atom is -0.327 e. The first-order valence-corrected chi connectivity index (χ1v) is 5.81. The zero-order valence-electron chi connectivity index (χ0n) is 9.03. The number of rotatable bonds is 5. The summed E-state index contributed by atoms with van der Waals surface area (Å²) in [6.07, 6.45) is 3.88. The fourth-order valence-corrected chi connectivity index (χ4v) is 2.10. The number of Topliss-reactive ketones (excluding diaryl/α,β-unsaturated/α-hetero) is 1. The van der Waals surface area contributed by atoms with Crippen molar-refractivity contribution in [3.63, 3.8) is 0 Å². The van der Waals surface area contributed by atoms with Crippen molar-refractivity contribution in [3.8, 4) is 0 Å². The molecule has 1 atom stereocenters. The van der Waals surface area contributed by atoms with Gasteiger partial charge in [0.05, 0.1) is 10.7 Å². The summed E-state index contributed by atoms with van der Waals surface area (Å²) in [5.41, 5.74) is 6.42. The van der Waals surface area contributed by atoms with E-state index in [0.717, 1.165) is 17.3 Å². The van der Waals surface area contributed by atoms with Crippen LogP contribution in [0.5, 0.6) is 0 Å². The van der Waals surface area contributed by atoms with Crippen molar-refractivity contribution in [2.75, 3.05) is 0 Å². The molecule has 0 spiro atoms. The number of hydrogen-bond donors (Lipinski definition) is 1. The second kappa shape index (κ2) is 5.42. The van der Waals surface area contributed by atoms with E-state index in [2.05, 4.69) is 28.0 Å². The fourth-order valence-electron chi connectivity index (χ4n) is 1.53. The van der Waals surface area contributed by atoms with Crippen LogP contribution in [0.15, 0.2) is 10.7 Å². The Morgan fingerprint density at radius 2 is 2.40 bits per heavy atom. The predicted molar refractivity (Wildman–Crippen MR) is 62.7 cm³/mol. The van der Waals surface area contributed by atoms with E-state index >= 15 is 0 Å². The molecule has 1 aromatic heterocycles. The van der Waals surface area contributed by atoms with E-state index < -0.39 is 0 Å². The minimum atomic E-state index is -0.0516. The van der Waals surface area contributed by atoms with Crippen LogP contribution < -0.4 is 5.73 Å². The minimum absolute atomic E-state index is 0.0443. The zero-order valence-corrected chi connectivity index (χ0v) is 10.6. The van der Waals surface area contributed by atoms with Crippen molar-refractivity contribution in [3.05, 3.63) is 16.4 Å². The number of hydrogen-bond acceptors (Lipinski definition) is 3. The molecule has 0 saturated heterocycles. The van der Waals surface area contributed by atoms with Crippen LogP contribution in [0.3, 0.4) is 0 Å². The normalized spacial score (nSPS) is 12.8. The van der Waals surface area contributed by atoms with Crippen molar-refractivity contribution in [1.29, 1.82) is 0 Å². The number of carbonyl (C=O) groups excluding carboxylic acids is 1. The number of halogens is 1. The molecule has 0 amide bonds. The highest BCUT2D eigenvalue weighted by atomic mass is 79.9. The Bertz CT molecular complexity index is 329. The van der Waals surface area contributed by atoms with E-state index in [0.29, 0.717) is 12.1 Å². The highest BCUT2D eigenvalue weighted by Gasteiger charge is 2.17. The lowest BCUT2D eigenvalue weighted by Crippen LogP contribution is -2.24. The molecule has 0 aliphatic carbocycles. The average molecular weight is 274 g/mol. The standard InChI is InChI=1S/C10H16BrN3O/c1-3-4-7(12)5-9(15)10-8(11)6-13-14(10)2/h6-7H,3-5,12H2,1-2H3. The monoisotopic (exact) mass is 273 g/mol. The van der Waals surface area contributed by atoms with E-state index in [1.54, 1.807) is 17.9 Å². The molecular weight excluding hydrogens is 258 g/mol. The number of ketones is 1. The first kappa shape index (κ1) is 12.4. The van der Waals surface area contributed by atoms with Gasteiger partial charge in [-0.2, -0.15) is 5.10 Å². The van der Waals surface area contributed by atoms with Gasteiger partial charge in [0, 0.05) is 19.5 Å². The molecule has 15 heavy (non-hydrogen) atoms. The van der Waals surface area contributed by atoms with Crippen LogP contribution >= 0.6 is 15.9 Å². The molecule has 0 aliphatic heterocycles. The van der Waals surface area contributed by atoms with Crippen LogP contribution in [0.4, 0.5) is 0 Å². The summed E-state index contributed by atoms with van der Waals surface area (Å²) in [4.78, 5) is 11.9. The summed E-state index contributed by atoms with van der Waals surface area (Å²) in [6.45, 7) is 2.06. The van der Waals surface area contributed by atoms with E-state index in [4.69, 9.17) is 5.73 Å². The van der Waals surface area contributed by atoms with Crippen molar-refractivity contribution in [1.82, 2.24) is 9.78 Å². The van der Waals surface area contributed by atoms with Gasteiger partial charge in [0.15, 0.2) is 5.78 Å². The molecule has 0 aromatic carbocycles. The lowest BCUT2D eigenvalue weighted by molar-refractivity contribution is 0.0963. The van der Waals surface area contributed by atoms with Gasteiger partial charge in [0.2, 0.25) is 0 Å². The van der Waals surface area contributed by atoms with E-state index in [1.165, 1.54) is 0 Å². The molecule has 1 unspecified atom stereocenters. The molecule has 4 nitrogen and oxygen atoms in total. The molecule has 1 aromatic rings. The molecule has 5 heteroatoms. The number of nitrogens with zero attached hydrogens (tertiary/aromatic N) is 2. The van der Waals surface area contributed by atoms with Gasteiger partial charge in [0.1, 0.15) is 5.69 Å². The van der Waals surface area contributed by atoms with Gasteiger partial charge < -0.3 is 5.73 Å². The summed E-state index contributed by atoms with van der Waals surface area (Å²) in [6, 6.07) is -0.0516. The van der Waals surface area contributed by atoms with Gasteiger partial charge in [-0.1, -0.05) is 13.3 Å². The smallest absolute Gasteiger partial charge is 0.183 e. The summed E-state index contributed by atoms with van der Waals surface area (Å²) in [5.74, 6) is 0.0443. The second-order valence-corrected chi connectivity index (χ2v) is 4.50. The van der Waals surface area contributed by atoms with Crippen LogP contribution in [0.1, 0.15) is 36.7 Å². The van der Waals surface area contributed by atoms with Crippen molar-refractivity contribution in [2.24, 2.45) is 12.8 Å². The topological polar surface area (TPSA) is 60.9 Å². The number of nitrogens with two attached hydrogens (primary N) is 1. The summed E-state index contributed by atoms with van der Waals surface area (Å²) >= 11 is 3.30. The molecule has 0 fully saturated rings. The first-order valence-electron chi connectivity index (χ1n) is 5.02. The maximum absolute atomic E-state index is 11.9. The molecule has 0 radical (unpaired) electrons. The van der Waals surface area contributed by atoms with Gasteiger partial charge in [0.25, 0.3) is 0 Å². The molecule has 2 N–H and O–H groups in total. The van der Waals surface area contributed by atoms with Gasteiger partial charge in [-0.3, -0.25) is 9.48 Å². The highest BCUT2D eigenvalue weighted by molar-refractivity contribution is 9.10. The third-order valence-electron chi connectivity index (χ3n) is 2.27. The third-order valence-corrected chi connectivity index (χ3v) is 2.85. The molecular formula is C10H16BrN3O. The lowest BCUT2D eigenvalue weighted by atomic mass is 10.1. The van der Waals surface area contributed by atoms with Crippen molar-refractivity contribution >= 4 is 21.7 Å². The lowest BCUT2D eigenvalue weighted by Gasteiger charge is -2.09. The number of carbonyl (C=O) groups is 1. The molecule has 1 heterocycles. The largest absolute Gasteiger partial charge is 0.327 e. The molecule has 0 saturated carbocycles. The Hall–Kier alpha value is -0.680. The Labute approximate surface area is 98.0 Å². The van der Waals surface area contributed by atoms with E-state index in [-0.39, 0.29) is 11.8 Å². The van der Waals surface area contributed by atoms with Crippen LogP contribution in [-0.4, -0.2) is 21.6 Å². The predicted octanol–water partition coefficient (Wildman–Crippen LogP) is 1.88. The van der Waals surface area contributed by atoms with Gasteiger partial charge in [-0.25, -0.2) is 0 Å². The van der Waals surface area contributed by atoms with Crippen LogP contribution in [0.25, 0.3) is 0 Å². The maximum Gasteiger partial charge on any atom is 0.183 e. The second-order valence-electron chi connectivity index (χ2n) is 3.64. The van der Waals surface area contributed by atoms with Crippen LogP contribution in [0.2, 0.25) is 0 Å². The van der Waals surface area contributed by atoms with Gasteiger partial charge in [-0.15, -0.1) is 0 Å². The number of aromatic nitrogens is 2. The van der Waals surface area contributed by atoms with Crippen LogP contribution in [-0.2, 0) is 7.05 Å². The Morgan fingerprint density at radius 3 is 2.87 bits per heavy atom. The molecule has 0 bridgehead atoms. The highest BCUT2D eigenvalue weighted by Crippen LogP contribution is 2.17. The summed E-state index contributed by atoms with van der Waals surface area (Å²) < 4.78 is 2.31. The van der Waals surface area contributed by atoms with Gasteiger partial charge >= 0.3 is 0 Å². The van der Waals surface area contributed by atoms with Crippen LogP contribution in [0, 0.1) is 0 Å². The van der Waals surface area contributed by atoms with Gasteiger partial charge in [-0.05, 0) is 22.4 Å². The SMILES string of the molecule is CCCC(N)CC(=O)c1c(Br)cnn1C. The van der Waals surface area contributed by atoms with Crippen molar-refractivity contribution in [2.45, 2.75) is 32.2 Å². The van der Waals surface area contributed by atoms with Crippen molar-refractivity contribution < 1.29 is 4.79 Å². The molecule has 0 aliphatic rings. The maximum atomic E-state index is 11.9. The molecule has 1 rings (SSSR count).